The Hall–Kier alpha value is -0.710. The summed E-state index contributed by atoms with van der Waals surface area (Å²) in [4.78, 5) is 11.1. The van der Waals surface area contributed by atoms with Gasteiger partial charge < -0.3 is 10.5 Å². The Morgan fingerprint density at radius 2 is 2.15 bits per heavy atom. The summed E-state index contributed by atoms with van der Waals surface area (Å²) in [6.45, 7) is 1.33. The highest BCUT2D eigenvalue weighted by molar-refractivity contribution is 5.77. The molecule has 0 aliphatic heterocycles. The molecular formula is C8H15F2NO2. The van der Waals surface area contributed by atoms with Crippen LogP contribution in [0.3, 0.4) is 0 Å². The number of halogens is 2. The largest absolute Gasteiger partial charge is 0.468 e. The molecule has 0 radical (unpaired) electrons. The van der Waals surface area contributed by atoms with Gasteiger partial charge in [-0.05, 0) is 6.42 Å². The lowest BCUT2D eigenvalue weighted by Crippen LogP contribution is -2.45. The van der Waals surface area contributed by atoms with E-state index >= 15 is 0 Å². The molecule has 2 N–H and O–H groups in total. The molecule has 0 saturated heterocycles. The van der Waals surface area contributed by atoms with Crippen molar-refractivity contribution in [3.05, 3.63) is 0 Å². The molecule has 0 spiro atoms. The third-order valence-corrected chi connectivity index (χ3v) is 2.07. The summed E-state index contributed by atoms with van der Waals surface area (Å²) in [5.41, 5.74) is 3.37. The number of hydrogen-bond donors (Lipinski definition) is 1. The van der Waals surface area contributed by atoms with Crippen molar-refractivity contribution < 1.29 is 18.3 Å². The fourth-order valence-corrected chi connectivity index (χ4v) is 1.22. The molecule has 5 heteroatoms. The van der Waals surface area contributed by atoms with Crippen molar-refractivity contribution in [2.24, 2.45) is 11.1 Å². The predicted octanol–water partition coefficient (Wildman–Crippen LogP) is 1.17. The lowest BCUT2D eigenvalue weighted by molar-refractivity contribution is -0.163. The molecule has 0 bridgehead atoms. The van der Waals surface area contributed by atoms with Crippen LogP contribution in [-0.4, -0.2) is 26.0 Å². The first-order valence-electron chi connectivity index (χ1n) is 4.11. The lowest BCUT2D eigenvalue weighted by atomic mass is 9.84. The second-order valence-electron chi connectivity index (χ2n) is 2.90. The Balaban J connectivity index is 4.74. The van der Waals surface area contributed by atoms with Crippen molar-refractivity contribution in [3.8, 4) is 0 Å². The quantitative estimate of drug-likeness (QED) is 0.670. The maximum absolute atomic E-state index is 12.6. The first-order valence-corrected chi connectivity index (χ1v) is 4.11. The first-order chi connectivity index (χ1) is 6.05. The Morgan fingerprint density at radius 3 is 2.38 bits per heavy atom. The van der Waals surface area contributed by atoms with Crippen LogP contribution in [0.5, 0.6) is 0 Å². The fraction of sp³-hybridized carbons (Fsp3) is 0.875. The van der Waals surface area contributed by atoms with Crippen molar-refractivity contribution in [1.82, 2.24) is 0 Å². The average molecular weight is 195 g/mol. The zero-order valence-corrected chi connectivity index (χ0v) is 7.85. The Bertz CT molecular complexity index is 176. The van der Waals surface area contributed by atoms with E-state index in [2.05, 4.69) is 4.74 Å². The number of esters is 1. The summed E-state index contributed by atoms with van der Waals surface area (Å²) < 4.78 is 29.5. The Morgan fingerprint density at radius 1 is 1.62 bits per heavy atom. The number of carbonyl (C=O) groups excluding carboxylic acids is 1. The predicted molar refractivity (Wildman–Crippen MR) is 44.4 cm³/mol. The van der Waals surface area contributed by atoms with Crippen LogP contribution in [0, 0.1) is 5.41 Å². The van der Waals surface area contributed by atoms with Crippen molar-refractivity contribution in [1.29, 1.82) is 0 Å². The minimum absolute atomic E-state index is 0.0494. The molecule has 0 aromatic heterocycles. The van der Waals surface area contributed by atoms with Gasteiger partial charge in [0.15, 0.2) is 0 Å². The average Bonchev–Trinajstić information content (AvgIpc) is 2.12. The lowest BCUT2D eigenvalue weighted by Gasteiger charge is -2.27. The van der Waals surface area contributed by atoms with Crippen LogP contribution in [0.4, 0.5) is 8.78 Å². The van der Waals surface area contributed by atoms with Crippen LogP contribution in [0.2, 0.25) is 0 Å². The molecule has 1 unspecified atom stereocenters. The zero-order valence-electron chi connectivity index (χ0n) is 7.85. The van der Waals surface area contributed by atoms with E-state index in [0.717, 1.165) is 7.11 Å². The second-order valence-corrected chi connectivity index (χ2v) is 2.90. The summed E-state index contributed by atoms with van der Waals surface area (Å²) in [5.74, 6) is -0.924. The van der Waals surface area contributed by atoms with Gasteiger partial charge in [-0.25, -0.2) is 8.78 Å². The molecule has 13 heavy (non-hydrogen) atoms. The summed E-state index contributed by atoms with van der Waals surface area (Å²) >= 11 is 0. The van der Waals surface area contributed by atoms with Gasteiger partial charge in [0.1, 0.15) is 5.41 Å². The molecular weight excluding hydrogens is 180 g/mol. The first kappa shape index (κ1) is 12.3. The molecule has 0 rings (SSSR count). The van der Waals surface area contributed by atoms with Crippen LogP contribution >= 0.6 is 0 Å². The van der Waals surface area contributed by atoms with E-state index < -0.39 is 17.8 Å². The third kappa shape index (κ3) is 2.37. The minimum Gasteiger partial charge on any atom is -0.468 e. The molecule has 0 aliphatic rings. The van der Waals surface area contributed by atoms with Gasteiger partial charge >= 0.3 is 5.97 Å². The van der Waals surface area contributed by atoms with Crippen LogP contribution in [0.25, 0.3) is 0 Å². The van der Waals surface area contributed by atoms with Gasteiger partial charge in [0.25, 0.3) is 6.43 Å². The molecule has 0 aliphatic carbocycles. The molecule has 0 heterocycles. The standard InChI is InChI=1S/C8H15F2NO2/c1-3-4-8(5-11,6(9)10)7(12)13-2/h6H,3-5,11H2,1-2H3. The molecule has 0 saturated carbocycles. The van der Waals surface area contributed by atoms with E-state index in [1.54, 1.807) is 6.92 Å². The molecule has 1 atom stereocenters. The number of methoxy groups -OCH3 is 1. The van der Waals surface area contributed by atoms with Crippen LogP contribution < -0.4 is 5.73 Å². The number of alkyl halides is 2. The van der Waals surface area contributed by atoms with Crippen LogP contribution in [0.15, 0.2) is 0 Å². The molecule has 0 aromatic rings. The Kier molecular flexibility index (Phi) is 4.83. The van der Waals surface area contributed by atoms with Crippen LogP contribution in [0.1, 0.15) is 19.8 Å². The summed E-state index contributed by atoms with van der Waals surface area (Å²) in [5, 5.41) is 0. The number of rotatable bonds is 5. The van der Waals surface area contributed by atoms with E-state index in [9.17, 15) is 13.6 Å². The number of ether oxygens (including phenoxy) is 1. The highest BCUT2D eigenvalue weighted by Gasteiger charge is 2.46. The van der Waals surface area contributed by atoms with Crippen LogP contribution in [-0.2, 0) is 9.53 Å². The van der Waals surface area contributed by atoms with E-state index in [-0.39, 0.29) is 13.0 Å². The van der Waals surface area contributed by atoms with Gasteiger partial charge in [-0.2, -0.15) is 0 Å². The van der Waals surface area contributed by atoms with E-state index in [1.807, 2.05) is 0 Å². The van der Waals surface area contributed by atoms with Crippen molar-refractivity contribution in [2.75, 3.05) is 13.7 Å². The maximum Gasteiger partial charge on any atom is 0.318 e. The molecule has 0 aromatic carbocycles. The Labute approximate surface area is 76.2 Å². The maximum atomic E-state index is 12.6. The monoisotopic (exact) mass is 195 g/mol. The second kappa shape index (κ2) is 5.11. The van der Waals surface area contributed by atoms with Gasteiger partial charge in [-0.3, -0.25) is 4.79 Å². The summed E-state index contributed by atoms with van der Waals surface area (Å²) in [6.07, 6.45) is -2.25. The highest BCUT2D eigenvalue weighted by atomic mass is 19.3. The van der Waals surface area contributed by atoms with Gasteiger partial charge in [-0.1, -0.05) is 13.3 Å². The molecule has 78 valence electrons. The minimum atomic E-state index is -2.77. The summed E-state index contributed by atoms with van der Waals surface area (Å²) in [6, 6.07) is 0. The molecule has 0 fully saturated rings. The van der Waals surface area contributed by atoms with Gasteiger partial charge in [0.05, 0.1) is 7.11 Å². The number of nitrogens with two attached hydrogens (primary N) is 1. The van der Waals surface area contributed by atoms with E-state index in [0.29, 0.717) is 6.42 Å². The van der Waals surface area contributed by atoms with Gasteiger partial charge in [0, 0.05) is 6.54 Å². The van der Waals surface area contributed by atoms with E-state index in [4.69, 9.17) is 5.73 Å². The van der Waals surface area contributed by atoms with Gasteiger partial charge in [0.2, 0.25) is 0 Å². The molecule has 0 amide bonds. The SMILES string of the molecule is CCCC(CN)(C(=O)OC)C(F)F. The van der Waals surface area contributed by atoms with Crippen molar-refractivity contribution in [2.45, 2.75) is 26.2 Å². The molecule has 3 nitrogen and oxygen atoms in total. The smallest absolute Gasteiger partial charge is 0.318 e. The number of hydrogen-bond acceptors (Lipinski definition) is 3. The normalized spacial score (nSPS) is 15.5. The highest BCUT2D eigenvalue weighted by Crippen LogP contribution is 2.31. The van der Waals surface area contributed by atoms with Crippen molar-refractivity contribution in [3.63, 3.8) is 0 Å². The van der Waals surface area contributed by atoms with Gasteiger partial charge in [-0.15, -0.1) is 0 Å². The fourth-order valence-electron chi connectivity index (χ4n) is 1.22. The van der Waals surface area contributed by atoms with Crippen molar-refractivity contribution >= 4 is 5.97 Å². The van der Waals surface area contributed by atoms with E-state index in [1.165, 1.54) is 0 Å². The zero-order chi connectivity index (χ0) is 10.5. The summed E-state index contributed by atoms with van der Waals surface area (Å²) in [7, 11) is 1.09. The number of carbonyl (C=O) groups is 1. The third-order valence-electron chi connectivity index (χ3n) is 2.07. The topological polar surface area (TPSA) is 52.3 Å².